The van der Waals surface area contributed by atoms with E-state index in [2.05, 4.69) is 0 Å². The van der Waals surface area contributed by atoms with Gasteiger partial charge in [0, 0.05) is 0 Å². The lowest BCUT2D eigenvalue weighted by atomic mass is 10.1. The second kappa shape index (κ2) is 4.94. The second-order valence-electron chi connectivity index (χ2n) is 3.58. The summed E-state index contributed by atoms with van der Waals surface area (Å²) < 4.78 is 17.9. The van der Waals surface area contributed by atoms with Gasteiger partial charge in [0.15, 0.2) is 11.6 Å². The van der Waals surface area contributed by atoms with Gasteiger partial charge in [-0.3, -0.25) is 0 Å². The molecule has 0 fully saturated rings. The van der Waals surface area contributed by atoms with Gasteiger partial charge >= 0.3 is 0 Å². The van der Waals surface area contributed by atoms with Crippen molar-refractivity contribution in [3.05, 3.63) is 41.2 Å². The summed E-state index contributed by atoms with van der Waals surface area (Å²) in [4.78, 5) is 0. The molecule has 0 aliphatic carbocycles. The quantitative estimate of drug-likeness (QED) is 0.777. The molecule has 1 N–H and O–H groups in total. The molecule has 0 spiro atoms. The first-order valence-electron chi connectivity index (χ1n) is 4.71. The van der Waals surface area contributed by atoms with Crippen molar-refractivity contribution in [3.63, 3.8) is 0 Å². The van der Waals surface area contributed by atoms with Gasteiger partial charge in [0.1, 0.15) is 0 Å². The number of allylic oxidation sites excluding steroid dienone is 1. The Bertz CT molecular complexity index is 368. The van der Waals surface area contributed by atoms with E-state index in [1.54, 1.807) is 12.1 Å². The monoisotopic (exact) mass is 210 g/mol. The predicted molar refractivity (Wildman–Crippen MR) is 57.3 cm³/mol. The molecule has 1 rings (SSSR count). The second-order valence-corrected chi connectivity index (χ2v) is 3.58. The van der Waals surface area contributed by atoms with E-state index in [-0.39, 0.29) is 5.75 Å². The molecule has 1 atom stereocenters. The number of rotatable bonds is 3. The SMILES string of the molecule is COc1cc(C(O)C=C(C)C)ccc1F. The van der Waals surface area contributed by atoms with Crippen LogP contribution < -0.4 is 4.74 Å². The minimum Gasteiger partial charge on any atom is -0.494 e. The maximum Gasteiger partial charge on any atom is 0.165 e. The molecule has 0 saturated carbocycles. The average Bonchev–Trinajstić information content (AvgIpc) is 2.17. The maximum atomic E-state index is 13.1. The molecule has 82 valence electrons. The summed E-state index contributed by atoms with van der Waals surface area (Å²) in [5, 5.41) is 9.75. The van der Waals surface area contributed by atoms with E-state index in [9.17, 15) is 9.50 Å². The molecule has 0 aliphatic rings. The molecule has 1 unspecified atom stereocenters. The Morgan fingerprint density at radius 3 is 2.67 bits per heavy atom. The summed E-state index contributed by atoms with van der Waals surface area (Å²) in [5.41, 5.74) is 1.63. The van der Waals surface area contributed by atoms with Crippen LogP contribution in [0.3, 0.4) is 0 Å². The highest BCUT2D eigenvalue weighted by Gasteiger charge is 2.08. The van der Waals surface area contributed by atoms with Crippen molar-refractivity contribution in [2.24, 2.45) is 0 Å². The van der Waals surface area contributed by atoms with Crippen LogP contribution in [0.15, 0.2) is 29.8 Å². The first kappa shape index (κ1) is 11.7. The average molecular weight is 210 g/mol. The molecule has 0 radical (unpaired) electrons. The molecule has 0 aliphatic heterocycles. The van der Waals surface area contributed by atoms with E-state index in [4.69, 9.17) is 4.74 Å². The van der Waals surface area contributed by atoms with Crippen LogP contribution in [0.4, 0.5) is 4.39 Å². The van der Waals surface area contributed by atoms with Crippen molar-refractivity contribution < 1.29 is 14.2 Å². The van der Waals surface area contributed by atoms with Gasteiger partial charge in [-0.1, -0.05) is 17.7 Å². The number of aliphatic hydroxyl groups excluding tert-OH is 1. The molecule has 1 aromatic carbocycles. The first-order chi connectivity index (χ1) is 7.04. The fourth-order valence-corrected chi connectivity index (χ4v) is 1.27. The van der Waals surface area contributed by atoms with Crippen LogP contribution >= 0.6 is 0 Å². The van der Waals surface area contributed by atoms with Crippen molar-refractivity contribution >= 4 is 0 Å². The van der Waals surface area contributed by atoms with Crippen LogP contribution in [0, 0.1) is 5.82 Å². The summed E-state index contributed by atoms with van der Waals surface area (Å²) >= 11 is 0. The molecule has 3 heteroatoms. The Balaban J connectivity index is 3.00. The van der Waals surface area contributed by atoms with Crippen molar-refractivity contribution in [1.82, 2.24) is 0 Å². The lowest BCUT2D eigenvalue weighted by Crippen LogP contribution is -1.96. The van der Waals surface area contributed by atoms with E-state index >= 15 is 0 Å². The standard InChI is InChI=1S/C12H15FO2/c1-8(2)6-11(14)9-4-5-10(13)12(7-9)15-3/h4-7,11,14H,1-3H3. The van der Waals surface area contributed by atoms with Gasteiger partial charge in [0.2, 0.25) is 0 Å². The highest BCUT2D eigenvalue weighted by molar-refractivity contribution is 5.33. The Labute approximate surface area is 89.0 Å². The molecule has 0 aromatic heterocycles. The Kier molecular flexibility index (Phi) is 3.86. The zero-order valence-corrected chi connectivity index (χ0v) is 9.12. The number of ether oxygens (including phenoxy) is 1. The molecule has 0 amide bonds. The van der Waals surface area contributed by atoms with Crippen LogP contribution in [0.1, 0.15) is 25.5 Å². The zero-order valence-electron chi connectivity index (χ0n) is 9.12. The fraction of sp³-hybridized carbons (Fsp3) is 0.333. The van der Waals surface area contributed by atoms with E-state index in [0.717, 1.165) is 5.57 Å². The van der Waals surface area contributed by atoms with E-state index in [1.807, 2.05) is 13.8 Å². The molecule has 15 heavy (non-hydrogen) atoms. The molecule has 0 heterocycles. The molecule has 0 bridgehead atoms. The van der Waals surface area contributed by atoms with Gasteiger partial charge in [-0.25, -0.2) is 4.39 Å². The Morgan fingerprint density at radius 2 is 2.13 bits per heavy atom. The van der Waals surface area contributed by atoms with Crippen LogP contribution in [-0.2, 0) is 0 Å². The predicted octanol–water partition coefficient (Wildman–Crippen LogP) is 2.83. The third kappa shape index (κ3) is 3.06. The summed E-state index contributed by atoms with van der Waals surface area (Å²) in [7, 11) is 1.40. The summed E-state index contributed by atoms with van der Waals surface area (Å²) in [6.07, 6.45) is 0.983. The van der Waals surface area contributed by atoms with Crippen LogP contribution in [0.5, 0.6) is 5.75 Å². The normalized spacial score (nSPS) is 12.1. The number of benzene rings is 1. The van der Waals surface area contributed by atoms with Gasteiger partial charge in [-0.05, 0) is 31.5 Å². The molecule has 2 nitrogen and oxygen atoms in total. The van der Waals surface area contributed by atoms with Gasteiger partial charge in [-0.2, -0.15) is 0 Å². The molecule has 1 aromatic rings. The first-order valence-corrected chi connectivity index (χ1v) is 4.71. The summed E-state index contributed by atoms with van der Waals surface area (Å²) in [6.45, 7) is 3.79. The van der Waals surface area contributed by atoms with Crippen LogP contribution in [-0.4, -0.2) is 12.2 Å². The van der Waals surface area contributed by atoms with Crippen LogP contribution in [0.25, 0.3) is 0 Å². The topological polar surface area (TPSA) is 29.5 Å². The Hall–Kier alpha value is -1.35. The fourth-order valence-electron chi connectivity index (χ4n) is 1.27. The smallest absolute Gasteiger partial charge is 0.165 e. The molecular formula is C12H15FO2. The number of aliphatic hydroxyl groups is 1. The number of methoxy groups -OCH3 is 1. The minimum absolute atomic E-state index is 0.147. The lowest BCUT2D eigenvalue weighted by molar-refractivity contribution is 0.227. The lowest BCUT2D eigenvalue weighted by Gasteiger charge is -2.09. The molecular weight excluding hydrogens is 195 g/mol. The third-order valence-corrected chi connectivity index (χ3v) is 2.01. The third-order valence-electron chi connectivity index (χ3n) is 2.01. The van der Waals surface area contributed by atoms with Crippen molar-refractivity contribution in [2.45, 2.75) is 20.0 Å². The van der Waals surface area contributed by atoms with Gasteiger partial charge < -0.3 is 9.84 Å². The number of hydrogen-bond donors (Lipinski definition) is 1. The van der Waals surface area contributed by atoms with E-state index in [1.165, 1.54) is 19.2 Å². The minimum atomic E-state index is -0.718. The van der Waals surface area contributed by atoms with Crippen LogP contribution in [0.2, 0.25) is 0 Å². The summed E-state index contributed by atoms with van der Waals surface area (Å²) in [5.74, 6) is -0.278. The number of halogens is 1. The van der Waals surface area contributed by atoms with Gasteiger partial charge in [0.05, 0.1) is 13.2 Å². The van der Waals surface area contributed by atoms with E-state index in [0.29, 0.717) is 5.56 Å². The maximum absolute atomic E-state index is 13.1. The largest absolute Gasteiger partial charge is 0.494 e. The highest BCUT2D eigenvalue weighted by atomic mass is 19.1. The Morgan fingerprint density at radius 1 is 1.47 bits per heavy atom. The highest BCUT2D eigenvalue weighted by Crippen LogP contribution is 2.23. The number of hydrogen-bond acceptors (Lipinski definition) is 2. The van der Waals surface area contributed by atoms with Gasteiger partial charge in [-0.15, -0.1) is 0 Å². The van der Waals surface area contributed by atoms with Crippen molar-refractivity contribution in [1.29, 1.82) is 0 Å². The molecule has 0 saturated heterocycles. The van der Waals surface area contributed by atoms with Crippen molar-refractivity contribution in [2.75, 3.05) is 7.11 Å². The van der Waals surface area contributed by atoms with Gasteiger partial charge in [0.25, 0.3) is 0 Å². The van der Waals surface area contributed by atoms with E-state index < -0.39 is 11.9 Å². The summed E-state index contributed by atoms with van der Waals surface area (Å²) in [6, 6.07) is 4.33. The zero-order chi connectivity index (χ0) is 11.4. The van der Waals surface area contributed by atoms with Crippen molar-refractivity contribution in [3.8, 4) is 5.75 Å².